The molecule has 2 nitrogen and oxygen atoms in total. The van der Waals surface area contributed by atoms with Crippen molar-refractivity contribution in [1.29, 1.82) is 0 Å². The lowest BCUT2D eigenvalue weighted by molar-refractivity contribution is -0.111. The third kappa shape index (κ3) is 2.88. The predicted octanol–water partition coefficient (Wildman–Crippen LogP) is 5.90. The lowest BCUT2D eigenvalue weighted by atomic mass is 9.69. The van der Waals surface area contributed by atoms with Crippen LogP contribution in [0.15, 0.2) is 12.2 Å². The number of carbonyl (C=O) groups excluding carboxylic acids is 1. The van der Waals surface area contributed by atoms with Crippen molar-refractivity contribution in [2.24, 2.45) is 52.6 Å². The van der Waals surface area contributed by atoms with Gasteiger partial charge in [0, 0.05) is 5.41 Å². The molecule has 0 amide bonds. The Morgan fingerprint density at radius 3 is 2.29 bits per heavy atom. The highest BCUT2D eigenvalue weighted by molar-refractivity contribution is 5.61. The van der Waals surface area contributed by atoms with E-state index in [2.05, 4.69) is 6.58 Å². The van der Waals surface area contributed by atoms with E-state index in [1.807, 2.05) is 0 Å². The van der Waals surface area contributed by atoms with E-state index in [0.717, 1.165) is 30.0 Å². The molecule has 0 aromatic carbocycles. The van der Waals surface area contributed by atoms with Gasteiger partial charge in [-0.15, -0.1) is 0 Å². The Balaban J connectivity index is 1.43. The lowest BCUT2D eigenvalue weighted by Crippen LogP contribution is -2.43. The zero-order valence-corrected chi connectivity index (χ0v) is 17.8. The van der Waals surface area contributed by atoms with Crippen molar-refractivity contribution in [1.82, 2.24) is 0 Å². The average molecular weight is 384 g/mol. The first-order chi connectivity index (χ1) is 13.7. The summed E-state index contributed by atoms with van der Waals surface area (Å²) >= 11 is 0. The van der Waals surface area contributed by atoms with Crippen LogP contribution in [0.3, 0.4) is 0 Å². The standard InChI is InChI=1S/C26H41NO/c1-17-12-13-23-25(26(23,24(27)16-28)20-10-6-3-7-11-20)22-15-19(14-21(17)22)18-8-4-2-5-9-18/h16,18-25H,1-15,27H2. The minimum absolute atomic E-state index is 0.146. The Morgan fingerprint density at radius 2 is 1.61 bits per heavy atom. The van der Waals surface area contributed by atoms with Crippen LogP contribution in [-0.4, -0.2) is 12.3 Å². The van der Waals surface area contributed by atoms with E-state index < -0.39 is 0 Å². The van der Waals surface area contributed by atoms with Gasteiger partial charge in [-0.3, -0.25) is 0 Å². The highest BCUT2D eigenvalue weighted by atomic mass is 16.1. The van der Waals surface area contributed by atoms with Gasteiger partial charge in [0.2, 0.25) is 0 Å². The van der Waals surface area contributed by atoms with E-state index in [4.69, 9.17) is 5.73 Å². The van der Waals surface area contributed by atoms with Crippen molar-refractivity contribution in [3.05, 3.63) is 12.2 Å². The Labute approximate surface area is 172 Å². The Kier molecular flexibility index (Phi) is 5.22. The van der Waals surface area contributed by atoms with Crippen molar-refractivity contribution in [2.75, 3.05) is 0 Å². The Hall–Kier alpha value is -0.630. The van der Waals surface area contributed by atoms with Gasteiger partial charge in [0.05, 0.1) is 6.04 Å². The first-order valence-electron chi connectivity index (χ1n) is 12.6. The second kappa shape index (κ2) is 7.56. The van der Waals surface area contributed by atoms with Gasteiger partial charge in [0.1, 0.15) is 6.29 Å². The van der Waals surface area contributed by atoms with Gasteiger partial charge in [0.15, 0.2) is 0 Å². The number of hydrogen-bond acceptors (Lipinski definition) is 2. The monoisotopic (exact) mass is 383 g/mol. The summed E-state index contributed by atoms with van der Waals surface area (Å²) in [6.07, 6.45) is 20.4. The smallest absolute Gasteiger partial charge is 0.137 e. The van der Waals surface area contributed by atoms with E-state index in [9.17, 15) is 4.79 Å². The van der Waals surface area contributed by atoms with Gasteiger partial charge >= 0.3 is 0 Å². The molecular formula is C26H41NO. The zero-order valence-electron chi connectivity index (χ0n) is 17.8. The predicted molar refractivity (Wildman–Crippen MR) is 115 cm³/mol. The SMILES string of the molecule is C=C1CCC2C(C3CC(C4CCCCC4)CC13)C2(C(N)C=O)C1CCCCC1. The van der Waals surface area contributed by atoms with Crippen molar-refractivity contribution in [3.8, 4) is 0 Å². The van der Waals surface area contributed by atoms with Crippen molar-refractivity contribution in [2.45, 2.75) is 95.9 Å². The molecule has 5 rings (SSSR count). The minimum Gasteiger partial charge on any atom is -0.321 e. The fraction of sp³-hybridized carbons (Fsp3) is 0.885. The van der Waals surface area contributed by atoms with Gasteiger partial charge in [0.25, 0.3) is 0 Å². The molecular weight excluding hydrogens is 342 g/mol. The molecule has 0 spiro atoms. The molecule has 0 saturated heterocycles. The fourth-order valence-electron chi connectivity index (χ4n) is 9.16. The molecule has 2 N–H and O–H groups in total. The lowest BCUT2D eigenvalue weighted by Gasteiger charge is -2.37. The maximum atomic E-state index is 12.0. The van der Waals surface area contributed by atoms with E-state index in [1.54, 1.807) is 5.57 Å². The van der Waals surface area contributed by atoms with Crippen molar-refractivity contribution in [3.63, 3.8) is 0 Å². The summed E-state index contributed by atoms with van der Waals surface area (Å²) in [5.41, 5.74) is 8.35. The molecule has 28 heavy (non-hydrogen) atoms. The molecule has 0 radical (unpaired) electrons. The first kappa shape index (κ1) is 19.3. The zero-order chi connectivity index (χ0) is 19.3. The van der Waals surface area contributed by atoms with Gasteiger partial charge in [-0.05, 0) is 80.0 Å². The number of aldehydes is 1. The van der Waals surface area contributed by atoms with Gasteiger partial charge in [-0.1, -0.05) is 63.5 Å². The number of fused-ring (bicyclic) bond motifs is 3. The quantitative estimate of drug-likeness (QED) is 0.485. The van der Waals surface area contributed by atoms with Gasteiger partial charge < -0.3 is 10.5 Å². The topological polar surface area (TPSA) is 43.1 Å². The van der Waals surface area contributed by atoms with Gasteiger partial charge in [-0.25, -0.2) is 0 Å². The second-order valence-electron chi connectivity index (χ2n) is 11.2. The molecule has 5 saturated carbocycles. The molecule has 5 aliphatic carbocycles. The largest absolute Gasteiger partial charge is 0.321 e. The van der Waals surface area contributed by atoms with E-state index in [0.29, 0.717) is 17.8 Å². The molecule has 0 heterocycles. The van der Waals surface area contributed by atoms with Crippen LogP contribution in [0.2, 0.25) is 0 Å². The summed E-state index contributed by atoms with van der Waals surface area (Å²) in [5.74, 6) is 5.52. The normalized spacial score (nSPS) is 45.8. The van der Waals surface area contributed by atoms with Crippen LogP contribution in [0.5, 0.6) is 0 Å². The Morgan fingerprint density at radius 1 is 0.929 bits per heavy atom. The molecule has 2 heteroatoms. The van der Waals surface area contributed by atoms with E-state index in [1.165, 1.54) is 89.9 Å². The van der Waals surface area contributed by atoms with Crippen LogP contribution in [0, 0.1) is 46.8 Å². The van der Waals surface area contributed by atoms with E-state index in [-0.39, 0.29) is 11.5 Å². The number of allylic oxidation sites excluding steroid dienone is 1. The highest BCUT2D eigenvalue weighted by Gasteiger charge is 2.73. The van der Waals surface area contributed by atoms with E-state index >= 15 is 0 Å². The summed E-state index contributed by atoms with van der Waals surface area (Å²) in [4.78, 5) is 12.0. The summed E-state index contributed by atoms with van der Waals surface area (Å²) in [6, 6.07) is -0.230. The van der Waals surface area contributed by atoms with Crippen molar-refractivity contribution >= 4 is 6.29 Å². The number of carbonyl (C=O) groups is 1. The third-order valence-corrected chi connectivity index (χ3v) is 10.3. The molecule has 0 aliphatic heterocycles. The number of rotatable bonds is 4. The number of nitrogens with two attached hydrogens (primary N) is 1. The molecule has 156 valence electrons. The van der Waals surface area contributed by atoms with Crippen molar-refractivity contribution < 1.29 is 4.79 Å². The molecule has 7 unspecified atom stereocenters. The number of hydrogen-bond donors (Lipinski definition) is 1. The maximum Gasteiger partial charge on any atom is 0.137 e. The molecule has 0 aromatic rings. The second-order valence-corrected chi connectivity index (χ2v) is 11.2. The molecule has 5 fully saturated rings. The average Bonchev–Trinajstić information content (AvgIpc) is 3.26. The molecule has 0 aromatic heterocycles. The molecule has 7 atom stereocenters. The summed E-state index contributed by atoms with van der Waals surface area (Å²) in [7, 11) is 0. The fourth-order valence-corrected chi connectivity index (χ4v) is 9.16. The van der Waals surface area contributed by atoms with Gasteiger partial charge in [-0.2, -0.15) is 0 Å². The first-order valence-corrected chi connectivity index (χ1v) is 12.6. The Bertz CT molecular complexity index is 602. The van der Waals surface area contributed by atoms with Crippen LogP contribution in [0.1, 0.15) is 89.9 Å². The molecule has 0 bridgehead atoms. The van der Waals surface area contributed by atoms with Crippen LogP contribution in [0.25, 0.3) is 0 Å². The summed E-state index contributed by atoms with van der Waals surface area (Å²) in [6.45, 7) is 4.58. The van der Waals surface area contributed by atoms with Crippen LogP contribution in [0.4, 0.5) is 0 Å². The third-order valence-electron chi connectivity index (χ3n) is 10.3. The van der Waals surface area contributed by atoms with Crippen LogP contribution >= 0.6 is 0 Å². The van der Waals surface area contributed by atoms with Crippen LogP contribution < -0.4 is 5.73 Å². The summed E-state index contributed by atoms with van der Waals surface area (Å²) in [5, 5.41) is 0. The highest BCUT2D eigenvalue weighted by Crippen LogP contribution is 2.76. The molecule has 5 aliphatic rings. The van der Waals surface area contributed by atoms with Crippen LogP contribution in [-0.2, 0) is 4.79 Å². The summed E-state index contributed by atoms with van der Waals surface area (Å²) < 4.78 is 0. The minimum atomic E-state index is -0.230. The maximum absolute atomic E-state index is 12.0.